The van der Waals surface area contributed by atoms with E-state index in [1.54, 1.807) is 0 Å². The van der Waals surface area contributed by atoms with Crippen LogP contribution in [0.25, 0.3) is 0 Å². The van der Waals surface area contributed by atoms with E-state index < -0.39 is 0 Å². The number of rotatable bonds is 4. The van der Waals surface area contributed by atoms with Crippen LogP contribution in [0.1, 0.15) is 37.8 Å². The first-order valence-electron chi connectivity index (χ1n) is 7.02. The van der Waals surface area contributed by atoms with E-state index in [0.29, 0.717) is 12.5 Å². The molecule has 0 aromatic heterocycles. The van der Waals surface area contributed by atoms with Crippen LogP contribution in [0.15, 0.2) is 22.7 Å². The molecule has 0 bridgehead atoms. The van der Waals surface area contributed by atoms with Crippen LogP contribution in [0.4, 0.5) is 5.69 Å². The molecular formula is C15H23BrN2O. The summed E-state index contributed by atoms with van der Waals surface area (Å²) in [5.74, 6) is 0.610. The van der Waals surface area contributed by atoms with E-state index in [1.165, 1.54) is 18.5 Å². The Balaban J connectivity index is 2.12. The Morgan fingerprint density at radius 3 is 2.95 bits per heavy atom. The van der Waals surface area contributed by atoms with Crippen LogP contribution in [0.5, 0.6) is 0 Å². The number of hydrogen-bond acceptors (Lipinski definition) is 3. The normalized spacial score (nSPS) is 21.5. The van der Waals surface area contributed by atoms with Crippen molar-refractivity contribution in [1.82, 2.24) is 0 Å². The maximum absolute atomic E-state index is 9.09. The largest absolute Gasteiger partial charge is 0.396 e. The quantitative estimate of drug-likeness (QED) is 0.894. The zero-order chi connectivity index (χ0) is 13.8. The van der Waals surface area contributed by atoms with Gasteiger partial charge in [-0.25, -0.2) is 0 Å². The van der Waals surface area contributed by atoms with Gasteiger partial charge < -0.3 is 15.7 Å². The van der Waals surface area contributed by atoms with Crippen molar-refractivity contribution >= 4 is 21.6 Å². The summed E-state index contributed by atoms with van der Waals surface area (Å²) >= 11 is 3.66. The summed E-state index contributed by atoms with van der Waals surface area (Å²) in [5, 5.41) is 9.09. The van der Waals surface area contributed by atoms with Crippen LogP contribution in [0, 0.1) is 5.92 Å². The minimum Gasteiger partial charge on any atom is -0.396 e. The van der Waals surface area contributed by atoms with Crippen LogP contribution < -0.4 is 10.6 Å². The molecule has 1 aliphatic heterocycles. The molecule has 2 atom stereocenters. The van der Waals surface area contributed by atoms with E-state index in [1.807, 2.05) is 6.92 Å². The van der Waals surface area contributed by atoms with Gasteiger partial charge in [0.2, 0.25) is 0 Å². The molecule has 1 aromatic carbocycles. The predicted octanol–water partition coefficient (Wildman–Crippen LogP) is 3.07. The molecule has 1 unspecified atom stereocenters. The zero-order valence-corrected chi connectivity index (χ0v) is 13.1. The van der Waals surface area contributed by atoms with Crippen LogP contribution in [-0.2, 0) is 0 Å². The molecular weight excluding hydrogens is 304 g/mol. The lowest BCUT2D eigenvalue weighted by atomic mass is 9.94. The van der Waals surface area contributed by atoms with E-state index in [2.05, 4.69) is 39.0 Å². The van der Waals surface area contributed by atoms with E-state index >= 15 is 0 Å². The maximum atomic E-state index is 9.09. The van der Waals surface area contributed by atoms with Gasteiger partial charge in [-0.3, -0.25) is 0 Å². The highest BCUT2D eigenvalue weighted by atomic mass is 79.9. The molecule has 0 spiro atoms. The molecule has 4 heteroatoms. The Kier molecular flexibility index (Phi) is 5.25. The van der Waals surface area contributed by atoms with Crippen molar-refractivity contribution in [2.24, 2.45) is 11.7 Å². The molecule has 1 saturated heterocycles. The molecule has 0 aliphatic carbocycles. The summed E-state index contributed by atoms with van der Waals surface area (Å²) in [7, 11) is 0. The lowest BCUT2D eigenvalue weighted by Crippen LogP contribution is -2.36. The molecule has 0 amide bonds. The van der Waals surface area contributed by atoms with E-state index in [9.17, 15) is 0 Å². The summed E-state index contributed by atoms with van der Waals surface area (Å²) in [5.41, 5.74) is 8.31. The van der Waals surface area contributed by atoms with Crippen molar-refractivity contribution in [3.63, 3.8) is 0 Å². The Morgan fingerprint density at radius 2 is 2.32 bits per heavy atom. The second-order valence-electron chi connectivity index (χ2n) is 5.47. The molecule has 2 rings (SSSR count). The molecule has 0 saturated carbocycles. The zero-order valence-electron chi connectivity index (χ0n) is 11.5. The number of piperidine rings is 1. The molecule has 3 nitrogen and oxygen atoms in total. The van der Waals surface area contributed by atoms with Gasteiger partial charge in [-0.05, 0) is 65.7 Å². The molecule has 1 heterocycles. The summed E-state index contributed by atoms with van der Waals surface area (Å²) in [6.45, 7) is 4.43. The minimum atomic E-state index is 0.0637. The molecule has 0 radical (unpaired) electrons. The van der Waals surface area contributed by atoms with Gasteiger partial charge in [-0.15, -0.1) is 0 Å². The first-order chi connectivity index (χ1) is 9.11. The summed E-state index contributed by atoms with van der Waals surface area (Å²) in [6, 6.07) is 6.45. The average molecular weight is 327 g/mol. The van der Waals surface area contributed by atoms with Gasteiger partial charge in [0, 0.05) is 30.2 Å². The van der Waals surface area contributed by atoms with Gasteiger partial charge in [-0.2, -0.15) is 0 Å². The lowest BCUT2D eigenvalue weighted by molar-refractivity contribution is 0.244. The van der Waals surface area contributed by atoms with Crippen molar-refractivity contribution in [3.05, 3.63) is 28.2 Å². The molecule has 1 fully saturated rings. The lowest BCUT2D eigenvalue weighted by Gasteiger charge is -2.35. The van der Waals surface area contributed by atoms with Crippen molar-refractivity contribution in [1.29, 1.82) is 0 Å². The fraction of sp³-hybridized carbons (Fsp3) is 0.600. The first-order valence-corrected chi connectivity index (χ1v) is 7.82. The predicted molar refractivity (Wildman–Crippen MR) is 83.4 cm³/mol. The number of nitrogens with two attached hydrogens (primary N) is 1. The van der Waals surface area contributed by atoms with Crippen molar-refractivity contribution < 1.29 is 5.11 Å². The van der Waals surface area contributed by atoms with E-state index in [-0.39, 0.29) is 6.04 Å². The Morgan fingerprint density at radius 1 is 1.53 bits per heavy atom. The van der Waals surface area contributed by atoms with Gasteiger partial charge in [0.05, 0.1) is 5.69 Å². The molecule has 1 aromatic rings. The number of aliphatic hydroxyl groups is 1. The second kappa shape index (κ2) is 6.73. The Bertz CT molecular complexity index is 421. The Labute approximate surface area is 123 Å². The van der Waals surface area contributed by atoms with E-state index in [0.717, 1.165) is 29.5 Å². The number of anilines is 1. The van der Waals surface area contributed by atoms with Gasteiger partial charge in [0.15, 0.2) is 0 Å². The number of halogens is 1. The fourth-order valence-corrected chi connectivity index (χ4v) is 3.41. The molecule has 3 N–H and O–H groups in total. The topological polar surface area (TPSA) is 49.5 Å². The highest BCUT2D eigenvalue weighted by molar-refractivity contribution is 9.10. The monoisotopic (exact) mass is 326 g/mol. The van der Waals surface area contributed by atoms with Gasteiger partial charge in [0.1, 0.15) is 0 Å². The third-order valence-corrected chi connectivity index (χ3v) is 4.53. The third-order valence-electron chi connectivity index (χ3n) is 3.89. The highest BCUT2D eigenvalue weighted by Crippen LogP contribution is 2.32. The van der Waals surface area contributed by atoms with Gasteiger partial charge >= 0.3 is 0 Å². The summed E-state index contributed by atoms with van der Waals surface area (Å²) in [6.07, 6.45) is 3.34. The molecule has 106 valence electrons. The fourth-order valence-electron chi connectivity index (χ4n) is 2.76. The third kappa shape index (κ3) is 3.71. The van der Waals surface area contributed by atoms with Crippen LogP contribution in [-0.4, -0.2) is 24.8 Å². The van der Waals surface area contributed by atoms with Gasteiger partial charge in [0.25, 0.3) is 0 Å². The number of aliphatic hydroxyl groups excluding tert-OH is 1. The minimum absolute atomic E-state index is 0.0637. The Hall–Kier alpha value is -0.580. The standard InChI is InChI=1S/C15H23BrN2O/c1-11(17)13-4-5-15(14(16)9-13)18-7-2-3-12(10-18)6-8-19/h4-5,9,11-12,19H,2-3,6-8,10,17H2,1H3/t11-,12?/m1/s1. The second-order valence-corrected chi connectivity index (χ2v) is 6.32. The SMILES string of the molecule is C[C@@H](N)c1ccc(N2CCCC(CCO)C2)c(Br)c1. The number of benzene rings is 1. The van der Waals surface area contributed by atoms with Crippen molar-refractivity contribution in [2.45, 2.75) is 32.2 Å². The number of nitrogens with zero attached hydrogens (tertiary/aromatic N) is 1. The average Bonchev–Trinajstić information content (AvgIpc) is 2.39. The smallest absolute Gasteiger partial charge is 0.0510 e. The summed E-state index contributed by atoms with van der Waals surface area (Å²) < 4.78 is 1.12. The number of hydrogen-bond donors (Lipinski definition) is 2. The maximum Gasteiger partial charge on any atom is 0.0510 e. The highest BCUT2D eigenvalue weighted by Gasteiger charge is 2.21. The van der Waals surface area contributed by atoms with Crippen LogP contribution in [0.2, 0.25) is 0 Å². The van der Waals surface area contributed by atoms with E-state index in [4.69, 9.17) is 10.8 Å². The van der Waals surface area contributed by atoms with Gasteiger partial charge in [-0.1, -0.05) is 6.07 Å². The summed E-state index contributed by atoms with van der Waals surface area (Å²) in [4.78, 5) is 2.42. The van der Waals surface area contributed by atoms with Crippen LogP contribution >= 0.6 is 15.9 Å². The van der Waals surface area contributed by atoms with Crippen LogP contribution in [0.3, 0.4) is 0 Å². The molecule has 1 aliphatic rings. The molecule has 19 heavy (non-hydrogen) atoms. The van der Waals surface area contributed by atoms with Crippen molar-refractivity contribution in [3.8, 4) is 0 Å². The first kappa shape index (κ1) is 14.8. The van der Waals surface area contributed by atoms with Crippen molar-refractivity contribution in [2.75, 3.05) is 24.6 Å².